The summed E-state index contributed by atoms with van der Waals surface area (Å²) in [4.78, 5) is 11.3. The molecule has 8 nitrogen and oxygen atoms in total. The molecule has 3 N–H and O–H groups in total. The number of benzene rings is 2. The molecule has 0 fully saturated rings. The summed E-state index contributed by atoms with van der Waals surface area (Å²) >= 11 is 0. The predicted molar refractivity (Wildman–Crippen MR) is 86.7 cm³/mol. The molecule has 0 spiro atoms. The maximum atomic E-state index is 12.1. The Labute approximate surface area is 137 Å². The molecule has 0 aliphatic rings. The summed E-state index contributed by atoms with van der Waals surface area (Å²) in [6.45, 7) is 0. The molecule has 0 bridgehead atoms. The highest BCUT2D eigenvalue weighted by atomic mass is 32.2. The number of H-pyrrole nitrogens is 1. The summed E-state index contributed by atoms with van der Waals surface area (Å²) in [6, 6.07) is 11.4. The van der Waals surface area contributed by atoms with Crippen LogP contribution in [0, 0.1) is 0 Å². The van der Waals surface area contributed by atoms with Gasteiger partial charge in [-0.2, -0.15) is 5.21 Å². The first-order chi connectivity index (χ1) is 11.4. The second-order valence-electron chi connectivity index (χ2n) is 5.13. The van der Waals surface area contributed by atoms with E-state index in [9.17, 15) is 13.2 Å². The molecule has 1 amide bonds. The Morgan fingerprint density at radius 3 is 2.38 bits per heavy atom. The zero-order chi connectivity index (χ0) is 17.3. The third kappa shape index (κ3) is 2.88. The summed E-state index contributed by atoms with van der Waals surface area (Å²) in [7, 11) is -3.51. The van der Waals surface area contributed by atoms with Crippen LogP contribution in [0.3, 0.4) is 0 Å². The maximum absolute atomic E-state index is 12.1. The van der Waals surface area contributed by atoms with E-state index in [2.05, 4.69) is 20.6 Å². The average molecular weight is 343 g/mol. The third-order valence-electron chi connectivity index (χ3n) is 3.48. The number of tetrazole rings is 1. The number of nitrogens with zero attached hydrogens (tertiary/aromatic N) is 3. The Morgan fingerprint density at radius 2 is 1.83 bits per heavy atom. The first-order valence-electron chi connectivity index (χ1n) is 6.85. The van der Waals surface area contributed by atoms with Crippen LogP contribution in [0.2, 0.25) is 0 Å². The van der Waals surface area contributed by atoms with Crippen molar-refractivity contribution in [1.29, 1.82) is 0 Å². The van der Waals surface area contributed by atoms with Crippen LogP contribution in [0.5, 0.6) is 0 Å². The number of hydrogen-bond acceptors (Lipinski definition) is 6. The SMILES string of the molecule is CS(=O)(=O)c1cccc(-c2ccc(C(N)=O)cc2)c1-c1nn[nH]n1. The molecule has 0 atom stereocenters. The van der Waals surface area contributed by atoms with Crippen molar-refractivity contribution in [3.05, 3.63) is 48.0 Å². The van der Waals surface area contributed by atoms with E-state index in [0.717, 1.165) is 6.26 Å². The molecule has 3 rings (SSSR count). The van der Waals surface area contributed by atoms with E-state index < -0.39 is 15.7 Å². The number of sulfone groups is 1. The van der Waals surface area contributed by atoms with E-state index >= 15 is 0 Å². The van der Waals surface area contributed by atoms with Gasteiger partial charge in [0.2, 0.25) is 11.7 Å². The van der Waals surface area contributed by atoms with Crippen molar-refractivity contribution in [1.82, 2.24) is 20.6 Å². The third-order valence-corrected chi connectivity index (χ3v) is 4.61. The lowest BCUT2D eigenvalue weighted by molar-refractivity contribution is 0.100. The number of nitrogens with one attached hydrogen (secondary N) is 1. The second-order valence-corrected chi connectivity index (χ2v) is 7.11. The maximum Gasteiger partial charge on any atom is 0.248 e. The van der Waals surface area contributed by atoms with E-state index in [1.165, 1.54) is 6.07 Å². The average Bonchev–Trinajstić information content (AvgIpc) is 3.07. The molecule has 0 saturated carbocycles. The molecular weight excluding hydrogens is 330 g/mol. The van der Waals surface area contributed by atoms with Crippen LogP contribution in [0.4, 0.5) is 0 Å². The van der Waals surface area contributed by atoms with Crippen molar-refractivity contribution in [3.63, 3.8) is 0 Å². The fourth-order valence-corrected chi connectivity index (χ4v) is 3.29. The van der Waals surface area contributed by atoms with Crippen LogP contribution >= 0.6 is 0 Å². The fourth-order valence-electron chi connectivity index (χ4n) is 2.39. The summed E-state index contributed by atoms with van der Waals surface area (Å²) < 4.78 is 24.3. The van der Waals surface area contributed by atoms with E-state index in [-0.39, 0.29) is 10.7 Å². The Kier molecular flexibility index (Phi) is 3.86. The summed E-state index contributed by atoms with van der Waals surface area (Å²) in [5.74, 6) is -0.366. The fraction of sp³-hybridized carbons (Fsp3) is 0.0667. The lowest BCUT2D eigenvalue weighted by Crippen LogP contribution is -2.10. The molecule has 9 heteroatoms. The summed E-state index contributed by atoms with van der Waals surface area (Å²) in [6.07, 6.45) is 1.12. The van der Waals surface area contributed by atoms with Gasteiger partial charge in [-0.3, -0.25) is 4.79 Å². The minimum atomic E-state index is -3.51. The Hall–Kier alpha value is -3.07. The highest BCUT2D eigenvalue weighted by Crippen LogP contribution is 2.35. The highest BCUT2D eigenvalue weighted by Gasteiger charge is 2.21. The topological polar surface area (TPSA) is 132 Å². The Morgan fingerprint density at radius 1 is 1.12 bits per heavy atom. The first kappa shape index (κ1) is 15.8. The minimum Gasteiger partial charge on any atom is -0.366 e. The first-order valence-corrected chi connectivity index (χ1v) is 8.74. The molecule has 122 valence electrons. The number of carbonyl (C=O) groups excluding carboxylic acids is 1. The van der Waals surface area contributed by atoms with Crippen LogP contribution < -0.4 is 5.73 Å². The molecular formula is C15H13N5O3S. The number of amides is 1. The number of rotatable bonds is 4. The van der Waals surface area contributed by atoms with Gasteiger partial charge in [0.05, 0.1) is 4.90 Å². The molecule has 1 heterocycles. The predicted octanol–water partition coefficient (Wildman–Crippen LogP) is 1.04. The van der Waals surface area contributed by atoms with Gasteiger partial charge in [-0.25, -0.2) is 8.42 Å². The number of carbonyl (C=O) groups is 1. The molecule has 1 aromatic heterocycles. The number of hydrogen-bond donors (Lipinski definition) is 2. The van der Waals surface area contributed by atoms with E-state index in [1.807, 2.05) is 0 Å². The van der Waals surface area contributed by atoms with E-state index in [1.54, 1.807) is 36.4 Å². The molecule has 2 aromatic carbocycles. The van der Waals surface area contributed by atoms with Gasteiger partial charge >= 0.3 is 0 Å². The second kappa shape index (κ2) is 5.85. The molecule has 0 radical (unpaired) electrons. The number of nitrogens with two attached hydrogens (primary N) is 1. The summed E-state index contributed by atoms with van der Waals surface area (Å²) in [5, 5.41) is 13.6. The van der Waals surface area contributed by atoms with Gasteiger partial charge in [-0.1, -0.05) is 24.3 Å². The normalized spacial score (nSPS) is 11.4. The molecule has 24 heavy (non-hydrogen) atoms. The highest BCUT2D eigenvalue weighted by molar-refractivity contribution is 7.90. The van der Waals surface area contributed by atoms with Crippen LogP contribution in [-0.2, 0) is 9.84 Å². The number of aromatic nitrogens is 4. The minimum absolute atomic E-state index is 0.0976. The largest absolute Gasteiger partial charge is 0.366 e. The Bertz CT molecular complexity index is 996. The zero-order valence-corrected chi connectivity index (χ0v) is 13.4. The van der Waals surface area contributed by atoms with Gasteiger partial charge < -0.3 is 5.73 Å². The lowest BCUT2D eigenvalue weighted by atomic mass is 9.98. The molecule has 0 unspecified atom stereocenters. The van der Waals surface area contributed by atoms with Crippen molar-refractivity contribution in [3.8, 4) is 22.5 Å². The number of aromatic amines is 1. The molecule has 3 aromatic rings. The number of primary amides is 1. The molecule has 0 saturated heterocycles. The van der Waals surface area contributed by atoms with Gasteiger partial charge in [0.1, 0.15) is 0 Å². The monoisotopic (exact) mass is 343 g/mol. The van der Waals surface area contributed by atoms with Gasteiger partial charge in [-0.05, 0) is 34.5 Å². The molecule has 0 aliphatic carbocycles. The van der Waals surface area contributed by atoms with Crippen molar-refractivity contribution < 1.29 is 13.2 Å². The van der Waals surface area contributed by atoms with Crippen molar-refractivity contribution in [2.45, 2.75) is 4.90 Å². The zero-order valence-electron chi connectivity index (χ0n) is 12.6. The van der Waals surface area contributed by atoms with Gasteiger partial charge in [0.15, 0.2) is 9.84 Å². The quantitative estimate of drug-likeness (QED) is 0.727. The molecule has 0 aliphatic heterocycles. The van der Waals surface area contributed by atoms with Crippen LogP contribution in [0.25, 0.3) is 22.5 Å². The van der Waals surface area contributed by atoms with E-state index in [0.29, 0.717) is 22.3 Å². The van der Waals surface area contributed by atoms with Crippen molar-refractivity contribution in [2.24, 2.45) is 5.73 Å². The smallest absolute Gasteiger partial charge is 0.248 e. The Balaban J connectivity index is 2.27. The standard InChI is InChI=1S/C15H13N5O3S/c1-24(22,23)12-4-2-3-11(13(12)15-17-19-20-18-15)9-5-7-10(8-6-9)14(16)21/h2-8H,1H3,(H2,16,21)(H,17,18,19,20). The summed E-state index contributed by atoms with van der Waals surface area (Å²) in [5.41, 5.74) is 7.25. The van der Waals surface area contributed by atoms with Crippen molar-refractivity contribution >= 4 is 15.7 Å². The lowest BCUT2D eigenvalue weighted by Gasteiger charge is -2.11. The van der Waals surface area contributed by atoms with E-state index in [4.69, 9.17) is 5.73 Å². The van der Waals surface area contributed by atoms with Crippen LogP contribution in [-0.4, -0.2) is 41.2 Å². The van der Waals surface area contributed by atoms with Crippen LogP contribution in [0.15, 0.2) is 47.4 Å². The van der Waals surface area contributed by atoms with Crippen molar-refractivity contribution in [2.75, 3.05) is 6.26 Å². The van der Waals surface area contributed by atoms with Gasteiger partial charge in [-0.15, -0.1) is 10.2 Å². The van der Waals surface area contributed by atoms with Gasteiger partial charge in [0, 0.05) is 17.4 Å². The van der Waals surface area contributed by atoms with Crippen LogP contribution in [0.1, 0.15) is 10.4 Å². The van der Waals surface area contributed by atoms with Gasteiger partial charge in [0.25, 0.3) is 0 Å².